The minimum atomic E-state index is 0.203. The van der Waals surface area contributed by atoms with Gasteiger partial charge < -0.3 is 15.5 Å². The summed E-state index contributed by atoms with van der Waals surface area (Å²) in [5.41, 5.74) is 0. The number of carbonyl (C=O) groups excluding carboxylic acids is 1. The van der Waals surface area contributed by atoms with Crippen LogP contribution in [0.15, 0.2) is 0 Å². The molecule has 0 unspecified atom stereocenters. The van der Waals surface area contributed by atoms with E-state index < -0.39 is 0 Å². The lowest BCUT2D eigenvalue weighted by atomic mass is 10.3. The molecule has 0 aromatic carbocycles. The van der Waals surface area contributed by atoms with Crippen molar-refractivity contribution in [1.82, 2.24) is 15.5 Å². The molecule has 0 aromatic rings. The molecule has 0 bridgehead atoms. The van der Waals surface area contributed by atoms with Crippen molar-refractivity contribution in [2.45, 2.75) is 13.8 Å². The molecule has 4 nitrogen and oxygen atoms in total. The third kappa shape index (κ3) is 4.85. The Labute approximate surface area is 80.7 Å². The molecule has 0 aromatic heterocycles. The Kier molecular flexibility index (Phi) is 7.63. The van der Waals surface area contributed by atoms with Crippen LogP contribution in [-0.4, -0.2) is 50.6 Å². The fraction of sp³-hybridized carbons (Fsp3) is 0.889. The Morgan fingerprint density at radius 3 is 2.38 bits per heavy atom. The highest BCUT2D eigenvalue weighted by Gasteiger charge is 2.14. The van der Waals surface area contributed by atoms with Gasteiger partial charge in [-0.05, 0) is 7.05 Å². The number of amides is 1. The first-order valence-electron chi connectivity index (χ1n) is 4.97. The molecule has 1 heterocycles. The van der Waals surface area contributed by atoms with Crippen LogP contribution in [0.5, 0.6) is 0 Å². The van der Waals surface area contributed by atoms with E-state index in [0.29, 0.717) is 6.54 Å². The van der Waals surface area contributed by atoms with E-state index in [1.54, 1.807) is 7.05 Å². The molecule has 1 amide bonds. The average molecular weight is 187 g/mol. The highest BCUT2D eigenvalue weighted by molar-refractivity contribution is 5.78. The van der Waals surface area contributed by atoms with Crippen LogP contribution in [0.2, 0.25) is 0 Å². The van der Waals surface area contributed by atoms with Gasteiger partial charge in [-0.25, -0.2) is 0 Å². The number of piperazine rings is 1. The number of nitrogens with zero attached hydrogens (tertiary/aromatic N) is 1. The Morgan fingerprint density at radius 1 is 1.38 bits per heavy atom. The molecule has 0 spiro atoms. The molecular weight excluding hydrogens is 166 g/mol. The number of likely N-dealkylation sites (N-methyl/N-ethyl adjacent to an activating group) is 1. The van der Waals surface area contributed by atoms with E-state index in [1.807, 2.05) is 18.7 Å². The predicted molar refractivity (Wildman–Crippen MR) is 54.7 cm³/mol. The van der Waals surface area contributed by atoms with Crippen molar-refractivity contribution in [1.29, 1.82) is 0 Å². The zero-order chi connectivity index (χ0) is 10.1. The molecule has 0 radical (unpaired) electrons. The van der Waals surface area contributed by atoms with Gasteiger partial charge in [-0.15, -0.1) is 0 Å². The molecule has 78 valence electrons. The van der Waals surface area contributed by atoms with Crippen molar-refractivity contribution in [2.24, 2.45) is 0 Å². The Bertz CT molecular complexity index is 133. The Morgan fingerprint density at radius 2 is 1.92 bits per heavy atom. The van der Waals surface area contributed by atoms with Gasteiger partial charge in [0.25, 0.3) is 0 Å². The van der Waals surface area contributed by atoms with Crippen LogP contribution in [0, 0.1) is 0 Å². The van der Waals surface area contributed by atoms with E-state index in [-0.39, 0.29) is 5.91 Å². The minimum absolute atomic E-state index is 0.203. The third-order valence-electron chi connectivity index (χ3n) is 1.80. The first kappa shape index (κ1) is 12.4. The molecule has 1 rings (SSSR count). The summed E-state index contributed by atoms with van der Waals surface area (Å²) >= 11 is 0. The summed E-state index contributed by atoms with van der Waals surface area (Å²) in [7, 11) is 1.79. The molecule has 1 aliphatic heterocycles. The standard InChI is InChI=1S/C7H15N3O.C2H6/c1-8-6-7(11)10-4-2-9-3-5-10;1-2/h8-9H,2-6H2,1H3;1-2H3. The smallest absolute Gasteiger partial charge is 0.236 e. The van der Waals surface area contributed by atoms with Crippen LogP contribution in [0.4, 0.5) is 0 Å². The molecular formula is C9H21N3O. The van der Waals surface area contributed by atoms with Gasteiger partial charge in [0, 0.05) is 26.2 Å². The maximum atomic E-state index is 11.2. The van der Waals surface area contributed by atoms with Gasteiger partial charge in [0.2, 0.25) is 5.91 Å². The van der Waals surface area contributed by atoms with Gasteiger partial charge in [-0.2, -0.15) is 0 Å². The third-order valence-corrected chi connectivity index (χ3v) is 1.80. The zero-order valence-corrected chi connectivity index (χ0v) is 8.89. The molecule has 0 aliphatic carbocycles. The van der Waals surface area contributed by atoms with Crippen LogP contribution in [0.25, 0.3) is 0 Å². The van der Waals surface area contributed by atoms with E-state index in [2.05, 4.69) is 10.6 Å². The second-order valence-electron chi connectivity index (χ2n) is 2.66. The van der Waals surface area contributed by atoms with Crippen LogP contribution in [0.1, 0.15) is 13.8 Å². The highest BCUT2D eigenvalue weighted by atomic mass is 16.2. The van der Waals surface area contributed by atoms with Gasteiger partial charge in [0.1, 0.15) is 0 Å². The van der Waals surface area contributed by atoms with E-state index in [0.717, 1.165) is 26.2 Å². The van der Waals surface area contributed by atoms with Gasteiger partial charge in [0.05, 0.1) is 6.54 Å². The summed E-state index contributed by atoms with van der Waals surface area (Å²) in [5.74, 6) is 0.203. The van der Waals surface area contributed by atoms with Crippen molar-refractivity contribution in [3.8, 4) is 0 Å². The quantitative estimate of drug-likeness (QED) is 0.622. The van der Waals surface area contributed by atoms with E-state index in [1.165, 1.54) is 0 Å². The van der Waals surface area contributed by atoms with Crippen LogP contribution < -0.4 is 10.6 Å². The molecule has 0 atom stereocenters. The lowest BCUT2D eigenvalue weighted by molar-refractivity contribution is -0.130. The molecule has 2 N–H and O–H groups in total. The lowest BCUT2D eigenvalue weighted by Crippen LogP contribution is -2.48. The average Bonchev–Trinajstić information content (AvgIpc) is 2.23. The summed E-state index contributed by atoms with van der Waals surface area (Å²) < 4.78 is 0. The summed E-state index contributed by atoms with van der Waals surface area (Å²) in [6.45, 7) is 8.01. The number of hydrogen-bond donors (Lipinski definition) is 2. The Hall–Kier alpha value is -0.610. The topological polar surface area (TPSA) is 44.4 Å². The van der Waals surface area contributed by atoms with Gasteiger partial charge in [-0.1, -0.05) is 13.8 Å². The van der Waals surface area contributed by atoms with E-state index >= 15 is 0 Å². The second kappa shape index (κ2) is 8.01. The monoisotopic (exact) mass is 187 g/mol. The second-order valence-corrected chi connectivity index (χ2v) is 2.66. The van der Waals surface area contributed by atoms with E-state index in [9.17, 15) is 4.79 Å². The van der Waals surface area contributed by atoms with Crippen molar-refractivity contribution < 1.29 is 4.79 Å². The molecule has 1 saturated heterocycles. The van der Waals surface area contributed by atoms with Crippen LogP contribution in [0.3, 0.4) is 0 Å². The largest absolute Gasteiger partial charge is 0.339 e. The summed E-state index contributed by atoms with van der Waals surface area (Å²) in [6.07, 6.45) is 0. The fourth-order valence-corrected chi connectivity index (χ4v) is 1.18. The first-order valence-corrected chi connectivity index (χ1v) is 4.97. The minimum Gasteiger partial charge on any atom is -0.339 e. The molecule has 13 heavy (non-hydrogen) atoms. The van der Waals surface area contributed by atoms with Gasteiger partial charge in [-0.3, -0.25) is 4.79 Å². The lowest BCUT2D eigenvalue weighted by Gasteiger charge is -2.27. The van der Waals surface area contributed by atoms with Crippen LogP contribution in [-0.2, 0) is 4.79 Å². The maximum Gasteiger partial charge on any atom is 0.236 e. The summed E-state index contributed by atoms with van der Waals surface area (Å²) in [6, 6.07) is 0. The molecule has 4 heteroatoms. The van der Waals surface area contributed by atoms with Crippen molar-refractivity contribution in [3.63, 3.8) is 0 Å². The number of nitrogens with one attached hydrogen (secondary N) is 2. The normalized spacial score (nSPS) is 16.1. The van der Waals surface area contributed by atoms with Crippen molar-refractivity contribution in [2.75, 3.05) is 39.8 Å². The summed E-state index contributed by atoms with van der Waals surface area (Å²) in [5, 5.41) is 6.05. The molecule has 0 saturated carbocycles. The number of rotatable bonds is 2. The summed E-state index contributed by atoms with van der Waals surface area (Å²) in [4.78, 5) is 13.1. The van der Waals surface area contributed by atoms with E-state index in [4.69, 9.17) is 0 Å². The number of hydrogen-bond acceptors (Lipinski definition) is 3. The first-order chi connectivity index (χ1) is 6.34. The Balaban J connectivity index is 0.000000671. The van der Waals surface area contributed by atoms with Gasteiger partial charge >= 0.3 is 0 Å². The predicted octanol–water partition coefficient (Wildman–Crippen LogP) is -0.336. The highest BCUT2D eigenvalue weighted by Crippen LogP contribution is 1.91. The molecule has 1 fully saturated rings. The maximum absolute atomic E-state index is 11.2. The fourth-order valence-electron chi connectivity index (χ4n) is 1.18. The van der Waals surface area contributed by atoms with Crippen molar-refractivity contribution in [3.05, 3.63) is 0 Å². The van der Waals surface area contributed by atoms with Crippen molar-refractivity contribution >= 4 is 5.91 Å². The zero-order valence-electron chi connectivity index (χ0n) is 8.89. The van der Waals surface area contributed by atoms with Crippen LogP contribution >= 0.6 is 0 Å². The number of carbonyl (C=O) groups is 1. The van der Waals surface area contributed by atoms with Gasteiger partial charge in [0.15, 0.2) is 0 Å². The SMILES string of the molecule is CC.CNCC(=O)N1CCNCC1. The molecule has 1 aliphatic rings.